The highest BCUT2D eigenvalue weighted by molar-refractivity contribution is 5.55. The van der Waals surface area contributed by atoms with Gasteiger partial charge in [-0.15, -0.1) is 0 Å². The number of nitrogens with zero attached hydrogens (tertiary/aromatic N) is 2. The van der Waals surface area contributed by atoms with Crippen LogP contribution in [0.2, 0.25) is 0 Å². The molecule has 1 fully saturated rings. The van der Waals surface area contributed by atoms with E-state index in [0.717, 1.165) is 30.2 Å². The fourth-order valence-electron chi connectivity index (χ4n) is 2.23. The molecule has 5 nitrogen and oxygen atoms in total. The van der Waals surface area contributed by atoms with Crippen molar-refractivity contribution in [3.8, 4) is 17.2 Å². The largest absolute Gasteiger partial charge is 0.491 e. The Hall–Kier alpha value is -1.88. The van der Waals surface area contributed by atoms with Crippen LogP contribution in [-0.2, 0) is 4.74 Å². The molecule has 0 saturated carbocycles. The molecule has 1 atom stereocenters. The summed E-state index contributed by atoms with van der Waals surface area (Å²) < 4.78 is 16.4. The van der Waals surface area contributed by atoms with Crippen molar-refractivity contribution in [1.82, 2.24) is 10.1 Å². The highest BCUT2D eigenvalue weighted by Crippen LogP contribution is 2.27. The number of hydrogen-bond donors (Lipinski definition) is 0. The third kappa shape index (κ3) is 2.82. The average Bonchev–Trinajstić information content (AvgIpc) is 3.09. The Kier molecular flexibility index (Phi) is 3.69. The van der Waals surface area contributed by atoms with Gasteiger partial charge in [0.2, 0.25) is 0 Å². The Bertz CT molecular complexity index is 574. The molecule has 3 rings (SSSR count). The van der Waals surface area contributed by atoms with E-state index in [9.17, 15) is 0 Å². The molecule has 20 heavy (non-hydrogen) atoms. The zero-order chi connectivity index (χ0) is 13.9. The number of aromatic nitrogens is 2. The molecule has 0 amide bonds. The summed E-state index contributed by atoms with van der Waals surface area (Å²) in [5.41, 5.74) is 0.876. The van der Waals surface area contributed by atoms with E-state index in [1.165, 1.54) is 0 Å². The molecule has 1 aliphatic heterocycles. The minimum absolute atomic E-state index is 0.138. The van der Waals surface area contributed by atoms with Crippen molar-refractivity contribution in [3.63, 3.8) is 0 Å². The van der Waals surface area contributed by atoms with E-state index in [0.29, 0.717) is 12.5 Å². The normalized spacial score (nSPS) is 18.6. The second-order valence-corrected chi connectivity index (χ2v) is 5.21. The van der Waals surface area contributed by atoms with Crippen LogP contribution in [0.25, 0.3) is 11.5 Å². The van der Waals surface area contributed by atoms with Gasteiger partial charge in [0.15, 0.2) is 5.82 Å². The molecule has 0 bridgehead atoms. The number of rotatable bonds is 4. The van der Waals surface area contributed by atoms with E-state index in [1.807, 2.05) is 38.1 Å². The summed E-state index contributed by atoms with van der Waals surface area (Å²) in [7, 11) is 0. The van der Waals surface area contributed by atoms with Crippen LogP contribution in [0.3, 0.4) is 0 Å². The van der Waals surface area contributed by atoms with Gasteiger partial charge < -0.3 is 14.0 Å². The van der Waals surface area contributed by atoms with Crippen molar-refractivity contribution in [2.75, 3.05) is 13.2 Å². The van der Waals surface area contributed by atoms with Crippen LogP contribution in [0, 0.1) is 0 Å². The Morgan fingerprint density at radius 2 is 2.25 bits per heavy atom. The summed E-state index contributed by atoms with van der Waals surface area (Å²) in [4.78, 5) is 4.47. The molecule has 1 aromatic carbocycles. The molecule has 2 heterocycles. The molecular weight excluding hydrogens is 256 g/mol. The van der Waals surface area contributed by atoms with E-state index in [-0.39, 0.29) is 12.0 Å². The third-order valence-electron chi connectivity index (χ3n) is 3.19. The molecule has 5 heteroatoms. The molecule has 0 N–H and O–H groups in total. The second-order valence-electron chi connectivity index (χ2n) is 5.21. The minimum Gasteiger partial charge on any atom is -0.491 e. The first kappa shape index (κ1) is 13.1. The van der Waals surface area contributed by atoms with Crippen molar-refractivity contribution in [1.29, 1.82) is 0 Å². The lowest BCUT2D eigenvalue weighted by molar-refractivity contribution is 0.192. The first-order valence-electron chi connectivity index (χ1n) is 6.91. The number of hydrogen-bond acceptors (Lipinski definition) is 5. The Labute approximate surface area is 117 Å². The van der Waals surface area contributed by atoms with Gasteiger partial charge >= 0.3 is 0 Å². The molecule has 2 aromatic rings. The fourth-order valence-corrected chi connectivity index (χ4v) is 2.23. The predicted octanol–water partition coefficient (Wildman–Crippen LogP) is 3.03. The van der Waals surface area contributed by atoms with Crippen molar-refractivity contribution in [3.05, 3.63) is 30.1 Å². The molecule has 0 unspecified atom stereocenters. The van der Waals surface area contributed by atoms with Crippen LogP contribution < -0.4 is 4.74 Å². The standard InChI is InChI=1S/C15H18N2O3/c1-10(2)19-13-5-3-4-11(8-13)15-16-14(17-20-15)12-6-7-18-9-12/h3-5,8,10,12H,6-7,9H2,1-2H3/t12-/m1/s1. The predicted molar refractivity (Wildman–Crippen MR) is 73.7 cm³/mol. The van der Waals surface area contributed by atoms with Gasteiger partial charge in [-0.05, 0) is 38.5 Å². The monoisotopic (exact) mass is 274 g/mol. The average molecular weight is 274 g/mol. The van der Waals surface area contributed by atoms with Crippen LogP contribution in [-0.4, -0.2) is 29.5 Å². The Morgan fingerprint density at radius 1 is 1.35 bits per heavy atom. The van der Waals surface area contributed by atoms with Gasteiger partial charge in [0.1, 0.15) is 5.75 Å². The maximum Gasteiger partial charge on any atom is 0.258 e. The van der Waals surface area contributed by atoms with Crippen molar-refractivity contribution < 1.29 is 14.0 Å². The van der Waals surface area contributed by atoms with E-state index in [1.54, 1.807) is 0 Å². The maximum atomic E-state index is 5.67. The van der Waals surface area contributed by atoms with Crippen molar-refractivity contribution in [2.24, 2.45) is 0 Å². The van der Waals surface area contributed by atoms with E-state index >= 15 is 0 Å². The fraction of sp³-hybridized carbons (Fsp3) is 0.467. The summed E-state index contributed by atoms with van der Waals surface area (Å²) in [6, 6.07) is 7.71. The SMILES string of the molecule is CC(C)Oc1cccc(-c2nc([C@@H]3CCOC3)no2)c1. The molecule has 1 saturated heterocycles. The van der Waals surface area contributed by atoms with Crippen molar-refractivity contribution >= 4 is 0 Å². The highest BCUT2D eigenvalue weighted by atomic mass is 16.5. The van der Waals surface area contributed by atoms with Crippen LogP contribution in [0.15, 0.2) is 28.8 Å². The maximum absolute atomic E-state index is 5.67. The van der Waals surface area contributed by atoms with Gasteiger partial charge in [0.25, 0.3) is 5.89 Å². The summed E-state index contributed by atoms with van der Waals surface area (Å²) >= 11 is 0. The summed E-state index contributed by atoms with van der Waals surface area (Å²) in [6.07, 6.45) is 1.09. The lowest BCUT2D eigenvalue weighted by atomic mass is 10.1. The Morgan fingerprint density at radius 3 is 3.00 bits per heavy atom. The minimum atomic E-state index is 0.138. The zero-order valence-corrected chi connectivity index (χ0v) is 11.7. The first-order valence-corrected chi connectivity index (χ1v) is 6.91. The lowest BCUT2D eigenvalue weighted by Gasteiger charge is -2.09. The molecular formula is C15H18N2O3. The molecule has 1 aliphatic rings. The van der Waals surface area contributed by atoms with Crippen LogP contribution in [0.5, 0.6) is 5.75 Å². The summed E-state index contributed by atoms with van der Waals surface area (Å²) in [5.74, 6) is 2.32. The van der Waals surface area contributed by atoms with Gasteiger partial charge in [0.05, 0.1) is 12.7 Å². The molecule has 0 radical (unpaired) electrons. The van der Waals surface area contributed by atoms with Gasteiger partial charge in [0, 0.05) is 18.1 Å². The summed E-state index contributed by atoms with van der Waals surface area (Å²) in [5, 5.41) is 4.06. The molecule has 0 spiro atoms. The topological polar surface area (TPSA) is 57.4 Å². The smallest absolute Gasteiger partial charge is 0.258 e. The van der Waals surface area contributed by atoms with Gasteiger partial charge in [-0.25, -0.2) is 0 Å². The van der Waals surface area contributed by atoms with Gasteiger partial charge in [-0.2, -0.15) is 4.98 Å². The molecule has 0 aliphatic carbocycles. The van der Waals surface area contributed by atoms with Crippen LogP contribution in [0.4, 0.5) is 0 Å². The van der Waals surface area contributed by atoms with Crippen LogP contribution >= 0.6 is 0 Å². The summed E-state index contributed by atoms with van der Waals surface area (Å²) in [6.45, 7) is 5.44. The third-order valence-corrected chi connectivity index (χ3v) is 3.19. The van der Waals surface area contributed by atoms with Crippen molar-refractivity contribution in [2.45, 2.75) is 32.3 Å². The number of ether oxygens (including phenoxy) is 2. The highest BCUT2D eigenvalue weighted by Gasteiger charge is 2.23. The number of benzene rings is 1. The van der Waals surface area contributed by atoms with Crippen LogP contribution in [0.1, 0.15) is 32.0 Å². The lowest BCUT2D eigenvalue weighted by Crippen LogP contribution is -2.05. The van der Waals surface area contributed by atoms with E-state index < -0.39 is 0 Å². The second kappa shape index (κ2) is 5.63. The molecule has 106 valence electrons. The quantitative estimate of drug-likeness (QED) is 0.857. The van der Waals surface area contributed by atoms with E-state index in [2.05, 4.69) is 10.1 Å². The van der Waals surface area contributed by atoms with Gasteiger partial charge in [-0.3, -0.25) is 0 Å². The van der Waals surface area contributed by atoms with E-state index in [4.69, 9.17) is 14.0 Å². The first-order chi connectivity index (χ1) is 9.72. The zero-order valence-electron chi connectivity index (χ0n) is 11.7. The Balaban J connectivity index is 1.81. The molecule has 1 aromatic heterocycles. The van der Waals surface area contributed by atoms with Gasteiger partial charge in [-0.1, -0.05) is 11.2 Å².